The summed E-state index contributed by atoms with van der Waals surface area (Å²) in [4.78, 5) is 59.3. The number of imide groups is 2. The number of benzene rings is 4. The number of phenolic OH excluding ortho intramolecular Hbond substituents is 1. The molecule has 11 heteroatoms. The molecule has 6 atom stereocenters. The van der Waals surface area contributed by atoms with Crippen LogP contribution in [0.4, 0.5) is 15.8 Å². The molecule has 2 heterocycles. The second-order valence-electron chi connectivity index (χ2n) is 13.0. The second-order valence-corrected chi connectivity index (χ2v) is 14.6. The lowest BCUT2D eigenvalue weighted by atomic mass is 9.49. The first-order valence-corrected chi connectivity index (χ1v) is 17.3. The number of phenols is 1. The molecule has 2 N–H and O–H groups in total. The van der Waals surface area contributed by atoms with Gasteiger partial charge in [-0.1, -0.05) is 47.5 Å². The molecule has 2 aliphatic carbocycles. The maximum atomic E-state index is 15.1. The summed E-state index contributed by atoms with van der Waals surface area (Å²) in [6.45, 7) is 0. The highest BCUT2D eigenvalue weighted by atomic mass is 127. The summed E-state index contributed by atoms with van der Waals surface area (Å²) in [6, 6.07) is 26.0. The topological polar surface area (TPSA) is 107 Å². The molecule has 0 aromatic heterocycles. The zero-order valence-electron chi connectivity index (χ0n) is 25.7. The van der Waals surface area contributed by atoms with E-state index in [2.05, 4.69) is 28.0 Å². The Hall–Kier alpha value is -4.55. The molecule has 8 nitrogen and oxygen atoms in total. The van der Waals surface area contributed by atoms with Crippen LogP contribution in [0.2, 0.25) is 5.02 Å². The highest BCUT2D eigenvalue weighted by Crippen LogP contribution is 2.64. The van der Waals surface area contributed by atoms with Crippen LogP contribution in [0.1, 0.15) is 29.9 Å². The number of hydrogen-bond acceptors (Lipinski definition) is 6. The van der Waals surface area contributed by atoms with Crippen LogP contribution >= 0.6 is 34.2 Å². The zero-order chi connectivity index (χ0) is 34.2. The number of fused-ring (bicyclic) bond motifs is 4. The average molecular weight is 788 g/mol. The van der Waals surface area contributed by atoms with Gasteiger partial charge in [-0.3, -0.25) is 29.5 Å². The predicted molar refractivity (Wildman–Crippen MR) is 189 cm³/mol. The Balaban J connectivity index is 1.31. The number of hydrazine groups is 1. The standard InChI is InChI=1S/C38H28ClFIN3O5/c39-22-6-4-21(5-7-22)38-31(35(47)44(37(38)49)42-25-12-8-23(40)9-13-25)19-30-28(33(38)20-2-1-3-27(45)18-20)16-17-29-32(30)36(48)43(34(29)46)26-14-10-24(41)11-15-26/h1-16,18,29-33,42,45H,17,19H2/t29-,30+,31-,32-,33-,38+/m0/s1. The fourth-order valence-corrected chi connectivity index (χ4v) is 9.06. The third-order valence-corrected chi connectivity index (χ3v) is 11.5. The van der Waals surface area contributed by atoms with Gasteiger partial charge in [0.1, 0.15) is 11.6 Å². The molecule has 4 aromatic carbocycles. The maximum absolute atomic E-state index is 15.1. The lowest BCUT2D eigenvalue weighted by Crippen LogP contribution is -2.53. The highest BCUT2D eigenvalue weighted by Gasteiger charge is 2.70. The van der Waals surface area contributed by atoms with Crippen molar-refractivity contribution in [3.05, 3.63) is 134 Å². The fourth-order valence-electron chi connectivity index (χ4n) is 8.58. The van der Waals surface area contributed by atoms with Gasteiger partial charge in [0.25, 0.3) is 11.8 Å². The molecule has 2 aliphatic heterocycles. The van der Waals surface area contributed by atoms with Gasteiger partial charge >= 0.3 is 0 Å². The molecule has 4 aliphatic rings. The molecule has 3 fully saturated rings. The predicted octanol–water partition coefficient (Wildman–Crippen LogP) is 6.98. The molecule has 1 saturated carbocycles. The van der Waals surface area contributed by atoms with E-state index in [1.54, 1.807) is 48.5 Å². The Labute approximate surface area is 299 Å². The largest absolute Gasteiger partial charge is 0.508 e. The summed E-state index contributed by atoms with van der Waals surface area (Å²) in [5.41, 5.74) is 4.15. The van der Waals surface area contributed by atoms with E-state index in [1.807, 2.05) is 24.3 Å². The third-order valence-electron chi connectivity index (χ3n) is 10.5. The average Bonchev–Trinajstić information content (AvgIpc) is 3.47. The molecular formula is C38H28ClFIN3O5. The normalized spacial score (nSPS) is 27.5. The van der Waals surface area contributed by atoms with Crippen LogP contribution in [0.25, 0.3) is 0 Å². The minimum absolute atomic E-state index is 0.0215. The Morgan fingerprint density at radius 3 is 2.27 bits per heavy atom. The minimum atomic E-state index is -1.51. The minimum Gasteiger partial charge on any atom is -0.508 e. The number of hydrogen-bond donors (Lipinski definition) is 2. The van der Waals surface area contributed by atoms with Gasteiger partial charge in [0, 0.05) is 14.5 Å². The number of nitrogens with zero attached hydrogens (tertiary/aromatic N) is 2. The molecule has 0 bridgehead atoms. The monoisotopic (exact) mass is 787 g/mol. The van der Waals surface area contributed by atoms with Crippen LogP contribution < -0.4 is 10.3 Å². The van der Waals surface area contributed by atoms with E-state index in [4.69, 9.17) is 11.6 Å². The zero-order valence-corrected chi connectivity index (χ0v) is 28.6. The fraction of sp³-hybridized carbons (Fsp3) is 0.211. The van der Waals surface area contributed by atoms with Crippen molar-refractivity contribution < 1.29 is 28.7 Å². The van der Waals surface area contributed by atoms with Gasteiger partial charge < -0.3 is 5.11 Å². The first-order valence-electron chi connectivity index (χ1n) is 15.9. The first kappa shape index (κ1) is 31.7. The number of aromatic hydroxyl groups is 1. The Morgan fingerprint density at radius 2 is 1.57 bits per heavy atom. The van der Waals surface area contributed by atoms with Gasteiger partial charge in [-0.15, -0.1) is 0 Å². The maximum Gasteiger partial charge on any atom is 0.260 e. The number of carbonyl (C=O) groups excluding carboxylic acids is 4. The van der Waals surface area contributed by atoms with E-state index >= 15 is 4.79 Å². The number of nitrogens with one attached hydrogen (secondary N) is 1. The van der Waals surface area contributed by atoms with Crippen molar-refractivity contribution in [1.29, 1.82) is 0 Å². The molecule has 4 amide bonds. The molecular weight excluding hydrogens is 760 g/mol. The first-order chi connectivity index (χ1) is 23.6. The van der Waals surface area contributed by atoms with E-state index in [0.29, 0.717) is 27.5 Å². The molecule has 0 spiro atoms. The van der Waals surface area contributed by atoms with E-state index in [1.165, 1.54) is 35.2 Å². The van der Waals surface area contributed by atoms with E-state index < -0.39 is 52.6 Å². The van der Waals surface area contributed by atoms with Crippen molar-refractivity contribution in [3.8, 4) is 5.75 Å². The van der Waals surface area contributed by atoms with Crippen LogP contribution in [0.5, 0.6) is 5.75 Å². The number of allylic oxidation sites excluding steroid dienone is 2. The van der Waals surface area contributed by atoms with Crippen molar-refractivity contribution in [2.24, 2.45) is 23.7 Å². The van der Waals surface area contributed by atoms with Gasteiger partial charge in [-0.05, 0) is 125 Å². The van der Waals surface area contributed by atoms with Crippen molar-refractivity contribution in [3.63, 3.8) is 0 Å². The van der Waals surface area contributed by atoms with Crippen LogP contribution in [0.15, 0.2) is 109 Å². The summed E-state index contributed by atoms with van der Waals surface area (Å²) < 4.78 is 14.8. The van der Waals surface area contributed by atoms with Gasteiger partial charge in [0.2, 0.25) is 11.8 Å². The van der Waals surface area contributed by atoms with Crippen LogP contribution in [0, 0.1) is 33.1 Å². The van der Waals surface area contributed by atoms with Crippen molar-refractivity contribution in [2.45, 2.75) is 24.2 Å². The summed E-state index contributed by atoms with van der Waals surface area (Å²) in [5, 5.41) is 12.2. The lowest BCUT2D eigenvalue weighted by Gasteiger charge is -2.50. The van der Waals surface area contributed by atoms with Gasteiger partial charge in [0.15, 0.2) is 0 Å². The van der Waals surface area contributed by atoms with Crippen molar-refractivity contribution in [2.75, 3.05) is 10.3 Å². The molecule has 0 unspecified atom stereocenters. The molecule has 49 heavy (non-hydrogen) atoms. The molecule has 246 valence electrons. The smallest absolute Gasteiger partial charge is 0.260 e. The van der Waals surface area contributed by atoms with Gasteiger partial charge in [0.05, 0.1) is 34.5 Å². The van der Waals surface area contributed by atoms with E-state index in [-0.39, 0.29) is 30.4 Å². The quantitative estimate of drug-likeness (QED) is 0.129. The number of carbonyl (C=O) groups is 4. The molecule has 4 aromatic rings. The molecule has 2 saturated heterocycles. The molecule has 8 rings (SSSR count). The summed E-state index contributed by atoms with van der Waals surface area (Å²) in [5.74, 6) is -5.86. The Morgan fingerprint density at radius 1 is 0.857 bits per heavy atom. The van der Waals surface area contributed by atoms with Crippen LogP contribution in [-0.2, 0) is 24.6 Å². The highest BCUT2D eigenvalue weighted by molar-refractivity contribution is 14.1. The SMILES string of the molecule is O=C1[C@@H]2C[C@@H]3C(=CC[C@@H]4C(=O)N(c5ccc(I)cc5)C(=O)[C@@H]43)[C@H](c3cccc(O)c3)[C@]2(c2ccc(Cl)cc2)C(=O)N1Nc1ccc(F)cc1. The number of anilines is 2. The van der Waals surface area contributed by atoms with Crippen LogP contribution in [0.3, 0.4) is 0 Å². The number of amides is 4. The van der Waals surface area contributed by atoms with E-state index in [9.17, 15) is 23.9 Å². The van der Waals surface area contributed by atoms with E-state index in [0.717, 1.165) is 14.2 Å². The number of halogens is 3. The summed E-state index contributed by atoms with van der Waals surface area (Å²) in [7, 11) is 0. The second kappa shape index (κ2) is 11.8. The van der Waals surface area contributed by atoms with Crippen LogP contribution in [-0.4, -0.2) is 33.7 Å². The number of rotatable bonds is 5. The summed E-state index contributed by atoms with van der Waals surface area (Å²) in [6.07, 6.45) is 2.36. The third kappa shape index (κ3) is 4.82. The van der Waals surface area contributed by atoms with Gasteiger partial charge in [-0.2, -0.15) is 5.01 Å². The van der Waals surface area contributed by atoms with Gasteiger partial charge in [-0.25, -0.2) is 4.39 Å². The van der Waals surface area contributed by atoms with Crippen molar-refractivity contribution >= 4 is 69.2 Å². The molecule has 0 radical (unpaired) electrons. The lowest BCUT2D eigenvalue weighted by molar-refractivity contribution is -0.138. The Bertz CT molecular complexity index is 2070. The summed E-state index contributed by atoms with van der Waals surface area (Å²) >= 11 is 8.49. The Kier molecular flexibility index (Phi) is 7.64. The van der Waals surface area contributed by atoms with Crippen molar-refractivity contribution in [1.82, 2.24) is 5.01 Å².